The fourth-order valence-electron chi connectivity index (χ4n) is 13.9. The van der Waals surface area contributed by atoms with Crippen molar-refractivity contribution < 1.29 is 0 Å². The Hall–Kier alpha value is -6.06. The van der Waals surface area contributed by atoms with Gasteiger partial charge in [-0.15, -0.1) is 0 Å². The number of nitrogens with zero attached hydrogens (tertiary/aromatic N) is 2. The number of aromatic nitrogens is 1. The van der Waals surface area contributed by atoms with Crippen LogP contribution in [0.3, 0.4) is 0 Å². The fourth-order valence-corrected chi connectivity index (χ4v) is 13.9. The second kappa shape index (κ2) is 15.5. The van der Waals surface area contributed by atoms with E-state index in [1.54, 1.807) is 0 Å². The van der Waals surface area contributed by atoms with Gasteiger partial charge in [0, 0.05) is 44.6 Å². The Kier molecular flexibility index (Phi) is 10.1. The topological polar surface area (TPSA) is 8.17 Å². The number of aryl methyl sites for hydroxylation is 1. The quantitative estimate of drug-likeness (QED) is 0.160. The molecule has 2 nitrogen and oxygen atoms in total. The van der Waals surface area contributed by atoms with Gasteiger partial charge in [-0.25, -0.2) is 0 Å². The molecule has 1 aromatic heterocycles. The van der Waals surface area contributed by atoms with Gasteiger partial charge in [0.15, 0.2) is 0 Å². The molecule has 0 spiro atoms. The molecule has 0 N–H and O–H groups in total. The van der Waals surface area contributed by atoms with Crippen molar-refractivity contribution in [2.75, 3.05) is 4.90 Å². The Morgan fingerprint density at radius 1 is 0.472 bits per heavy atom. The van der Waals surface area contributed by atoms with E-state index in [0.29, 0.717) is 0 Å². The molecule has 7 aromatic carbocycles. The van der Waals surface area contributed by atoms with Gasteiger partial charge >= 0.3 is 0 Å². The number of hydrogen-bond donors (Lipinski definition) is 0. The van der Waals surface area contributed by atoms with Gasteiger partial charge in [0.25, 0.3) is 6.71 Å². The molecule has 0 radical (unpaired) electrons. The summed E-state index contributed by atoms with van der Waals surface area (Å²) in [5, 5.41) is 2.70. The monoisotopic (exact) mass is 943 g/mol. The molecule has 3 heterocycles. The molecule has 3 heteroatoms. The normalized spacial score (nSPS) is 17.8. The highest BCUT2D eigenvalue weighted by Crippen LogP contribution is 2.55. The number of rotatable bonds is 4. The summed E-state index contributed by atoms with van der Waals surface area (Å²) in [5.74, 6) is 0. The highest BCUT2D eigenvalue weighted by Gasteiger charge is 2.48. The van der Waals surface area contributed by atoms with E-state index in [9.17, 15) is 0 Å². The predicted molar refractivity (Wildman–Crippen MR) is 312 cm³/mol. The van der Waals surface area contributed by atoms with Crippen molar-refractivity contribution in [1.29, 1.82) is 0 Å². The molecule has 0 bridgehead atoms. The second-order valence-corrected chi connectivity index (χ2v) is 27.2. The van der Waals surface area contributed by atoms with Gasteiger partial charge in [-0.05, 0) is 168 Å². The van der Waals surface area contributed by atoms with Crippen molar-refractivity contribution in [2.24, 2.45) is 0 Å². The zero-order valence-corrected chi connectivity index (χ0v) is 46.0. The number of benzene rings is 7. The van der Waals surface area contributed by atoms with Crippen molar-refractivity contribution in [3.8, 4) is 39.2 Å². The molecule has 0 saturated heterocycles. The number of hydrogen-bond acceptors (Lipinski definition) is 1. The molecule has 0 atom stereocenters. The Morgan fingerprint density at radius 2 is 1.03 bits per heavy atom. The summed E-state index contributed by atoms with van der Waals surface area (Å²) in [4.78, 5) is 2.77. The van der Waals surface area contributed by atoms with E-state index in [2.05, 4.69) is 247 Å². The molecule has 0 fully saturated rings. The van der Waals surface area contributed by atoms with Crippen molar-refractivity contribution in [1.82, 2.24) is 4.57 Å². The molecule has 2 aliphatic carbocycles. The molecule has 0 unspecified atom stereocenters. The number of fused-ring (bicyclic) bond motifs is 6. The maximum atomic E-state index is 2.77. The SMILES string of the molecule is Cc1cc2c3c(c1)N(c1cc4c(cc1-c1ccccc1)C(C)(C)CCC4(C)C)c1cc4c(cc1B3c1c3c-2cccc3c(-c2ccccc2C(C)(C)C)n1-c1ccc(C(C)(C)C)cc1)C(C)(C)CCC4(C)C. The molecular weight excluding hydrogens is 868 g/mol. The maximum Gasteiger partial charge on any atom is 0.269 e. The Morgan fingerprint density at radius 3 is 1.64 bits per heavy atom. The van der Waals surface area contributed by atoms with Crippen LogP contribution < -0.4 is 21.4 Å². The van der Waals surface area contributed by atoms with E-state index in [4.69, 9.17) is 0 Å². The summed E-state index contributed by atoms with van der Waals surface area (Å²) in [6, 6.07) is 53.1. The molecule has 2 aliphatic heterocycles. The summed E-state index contributed by atoms with van der Waals surface area (Å²) < 4.78 is 2.73. The molecule has 72 heavy (non-hydrogen) atoms. The minimum Gasteiger partial charge on any atom is -0.320 e. The lowest BCUT2D eigenvalue weighted by atomic mass is 9.33. The number of anilines is 3. The molecule has 364 valence electrons. The molecular formula is C69H75BN2. The average molecular weight is 943 g/mol. The first-order chi connectivity index (χ1) is 33.9. The lowest BCUT2D eigenvalue weighted by molar-refractivity contribution is 0.332. The third-order valence-electron chi connectivity index (χ3n) is 18.3. The van der Waals surface area contributed by atoms with Crippen LogP contribution in [-0.4, -0.2) is 11.3 Å². The Labute approximate surface area is 432 Å². The summed E-state index contributed by atoms with van der Waals surface area (Å²) in [5.41, 5.74) is 27.2. The zero-order chi connectivity index (χ0) is 50.8. The Balaban J connectivity index is 1.27. The van der Waals surface area contributed by atoms with Crippen LogP contribution in [0.2, 0.25) is 0 Å². The van der Waals surface area contributed by atoms with Crippen LogP contribution >= 0.6 is 0 Å². The molecule has 0 amide bonds. The standard InChI is InChI=1S/C69H75BN2/c1-42-36-50-46-25-21-26-48-60(46)63(71(45-30-28-44(29-31-45)64(2,3)4)62(48)47-24-19-20-27-51(47)65(5,6)7)70-56-39-53-55(69(14,15)35-33-67(53,10)11)41-58(56)72(59(37-42)61(50)70)57-40-54-52(66(8,9)32-34-68(54,12)13)38-49(57)43-22-17-16-18-23-43/h16-31,36-41H,32-35H2,1-15H3. The predicted octanol–water partition coefficient (Wildman–Crippen LogP) is 16.8. The second-order valence-electron chi connectivity index (χ2n) is 27.2. The third kappa shape index (κ3) is 6.95. The van der Waals surface area contributed by atoms with E-state index in [1.165, 1.54) is 129 Å². The minimum atomic E-state index is -0.0796. The lowest BCUT2D eigenvalue weighted by Crippen LogP contribution is -2.61. The highest BCUT2D eigenvalue weighted by atomic mass is 15.2. The minimum absolute atomic E-state index is 0.0129. The molecule has 8 aromatic rings. The first-order valence-corrected chi connectivity index (χ1v) is 27.1. The van der Waals surface area contributed by atoms with Crippen LogP contribution in [0.4, 0.5) is 17.1 Å². The summed E-state index contributed by atoms with van der Waals surface area (Å²) in [6.45, 7) is 36.3. The van der Waals surface area contributed by atoms with Gasteiger partial charge in [-0.2, -0.15) is 0 Å². The zero-order valence-electron chi connectivity index (χ0n) is 46.0. The van der Waals surface area contributed by atoms with Crippen LogP contribution in [0.25, 0.3) is 50.0 Å². The van der Waals surface area contributed by atoms with E-state index in [0.717, 1.165) is 19.3 Å². The smallest absolute Gasteiger partial charge is 0.269 e. The van der Waals surface area contributed by atoms with Crippen molar-refractivity contribution in [3.05, 3.63) is 172 Å². The molecule has 12 rings (SSSR count). The van der Waals surface area contributed by atoms with Crippen molar-refractivity contribution in [2.45, 2.75) is 162 Å². The Bertz CT molecular complexity index is 3540. The fraction of sp³-hybridized carbons (Fsp3) is 0.362. The van der Waals surface area contributed by atoms with Crippen molar-refractivity contribution in [3.63, 3.8) is 0 Å². The molecule has 0 saturated carbocycles. The van der Waals surface area contributed by atoms with Gasteiger partial charge in [0.1, 0.15) is 0 Å². The van der Waals surface area contributed by atoms with E-state index < -0.39 is 0 Å². The van der Waals surface area contributed by atoms with E-state index in [-0.39, 0.29) is 39.2 Å². The average Bonchev–Trinajstić information content (AvgIpc) is 3.68. The first-order valence-electron chi connectivity index (χ1n) is 27.1. The van der Waals surface area contributed by atoms with Gasteiger partial charge in [0.05, 0.1) is 11.4 Å². The van der Waals surface area contributed by atoms with Crippen molar-refractivity contribution >= 4 is 51.1 Å². The summed E-state index contributed by atoms with van der Waals surface area (Å²) in [6.07, 6.45) is 4.65. The highest BCUT2D eigenvalue weighted by molar-refractivity contribution is 7.00. The lowest BCUT2D eigenvalue weighted by Gasteiger charge is -2.47. The van der Waals surface area contributed by atoms with Gasteiger partial charge in [-0.1, -0.05) is 194 Å². The van der Waals surface area contributed by atoms with Crippen LogP contribution in [0, 0.1) is 6.92 Å². The van der Waals surface area contributed by atoms with Gasteiger partial charge < -0.3 is 9.47 Å². The third-order valence-corrected chi connectivity index (χ3v) is 18.3. The van der Waals surface area contributed by atoms with Crippen LogP contribution in [0.5, 0.6) is 0 Å². The molecule has 4 aliphatic rings. The maximum absolute atomic E-state index is 2.77. The summed E-state index contributed by atoms with van der Waals surface area (Å²) >= 11 is 0. The van der Waals surface area contributed by atoms with Crippen LogP contribution in [0.1, 0.15) is 162 Å². The van der Waals surface area contributed by atoms with E-state index >= 15 is 0 Å². The van der Waals surface area contributed by atoms with Gasteiger partial charge in [0.2, 0.25) is 0 Å². The van der Waals surface area contributed by atoms with E-state index in [1.807, 2.05) is 0 Å². The van der Waals surface area contributed by atoms with Crippen LogP contribution in [0.15, 0.2) is 133 Å². The first kappa shape index (κ1) is 47.0. The van der Waals surface area contributed by atoms with Gasteiger partial charge in [-0.3, -0.25) is 0 Å². The van der Waals surface area contributed by atoms with Crippen LogP contribution in [-0.2, 0) is 32.5 Å². The summed E-state index contributed by atoms with van der Waals surface area (Å²) in [7, 11) is 0. The largest absolute Gasteiger partial charge is 0.320 e.